The molecule has 0 radical (unpaired) electrons. The minimum atomic E-state index is -0.730. The minimum Gasteiger partial charge on any atom is -0.386 e. The zero-order chi connectivity index (χ0) is 11.3. The fraction of sp³-hybridized carbons (Fsp3) is 0.538. The van der Waals surface area contributed by atoms with E-state index in [-0.39, 0.29) is 0 Å². The molecule has 0 aliphatic heterocycles. The number of hydrogen-bond donors (Lipinski definition) is 1. The molecule has 0 heterocycles. The molecule has 0 aliphatic rings. The van der Waals surface area contributed by atoms with Gasteiger partial charge in [-0.05, 0) is 43.7 Å². The van der Waals surface area contributed by atoms with Crippen molar-refractivity contribution in [2.75, 3.05) is 5.75 Å². The van der Waals surface area contributed by atoms with Crippen molar-refractivity contribution >= 4 is 11.8 Å². The van der Waals surface area contributed by atoms with E-state index in [9.17, 15) is 5.11 Å². The van der Waals surface area contributed by atoms with Crippen molar-refractivity contribution in [1.29, 1.82) is 0 Å². The van der Waals surface area contributed by atoms with Crippen LogP contribution in [0.1, 0.15) is 39.2 Å². The Labute approximate surface area is 96.9 Å². The van der Waals surface area contributed by atoms with Gasteiger partial charge in [0.1, 0.15) is 0 Å². The summed E-state index contributed by atoms with van der Waals surface area (Å²) in [7, 11) is 0. The monoisotopic (exact) mass is 224 g/mol. The van der Waals surface area contributed by atoms with Crippen molar-refractivity contribution in [3.8, 4) is 0 Å². The number of rotatable bonds is 5. The summed E-state index contributed by atoms with van der Waals surface area (Å²) in [5.41, 5.74) is 0.245. The van der Waals surface area contributed by atoms with E-state index in [1.54, 1.807) is 0 Å². The minimum absolute atomic E-state index is 0.730. The molecule has 1 aromatic rings. The van der Waals surface area contributed by atoms with Gasteiger partial charge in [0.05, 0.1) is 5.60 Å². The molecule has 1 aromatic carbocycles. The van der Waals surface area contributed by atoms with E-state index in [0.717, 1.165) is 5.56 Å². The van der Waals surface area contributed by atoms with Crippen LogP contribution in [0.5, 0.6) is 0 Å². The maximum Gasteiger partial charge on any atom is 0.0840 e. The van der Waals surface area contributed by atoms with Gasteiger partial charge < -0.3 is 5.11 Å². The number of unbranched alkanes of at least 4 members (excludes halogenated alkanes) is 1. The lowest BCUT2D eigenvalue weighted by atomic mass is 9.99. The molecule has 1 rings (SSSR count). The predicted octanol–water partition coefficient (Wildman–Crippen LogP) is 3.81. The van der Waals surface area contributed by atoms with Crippen molar-refractivity contribution in [2.45, 2.75) is 44.1 Å². The van der Waals surface area contributed by atoms with Gasteiger partial charge >= 0.3 is 0 Å². The molecule has 2 heteroatoms. The Hall–Kier alpha value is -0.470. The van der Waals surface area contributed by atoms with Gasteiger partial charge in [-0.3, -0.25) is 0 Å². The molecule has 15 heavy (non-hydrogen) atoms. The maximum atomic E-state index is 9.79. The Balaban J connectivity index is 2.57. The van der Waals surface area contributed by atoms with Gasteiger partial charge in [-0.25, -0.2) is 0 Å². The normalized spacial score (nSPS) is 11.7. The summed E-state index contributed by atoms with van der Waals surface area (Å²) in [4.78, 5) is 1.29. The lowest BCUT2D eigenvalue weighted by Crippen LogP contribution is -2.14. The third kappa shape index (κ3) is 4.27. The summed E-state index contributed by atoms with van der Waals surface area (Å²) >= 11 is 1.88. The summed E-state index contributed by atoms with van der Waals surface area (Å²) in [5.74, 6) is 1.18. The van der Waals surface area contributed by atoms with Gasteiger partial charge in [-0.15, -0.1) is 11.8 Å². The number of aliphatic hydroxyl groups is 1. The summed E-state index contributed by atoms with van der Waals surface area (Å²) in [5, 5.41) is 9.79. The Morgan fingerprint density at radius 1 is 1.20 bits per heavy atom. The van der Waals surface area contributed by atoms with Crippen LogP contribution in [0.2, 0.25) is 0 Å². The molecular formula is C13H20OS. The quantitative estimate of drug-likeness (QED) is 0.606. The molecule has 0 bridgehead atoms. The van der Waals surface area contributed by atoms with Gasteiger partial charge in [0.25, 0.3) is 0 Å². The zero-order valence-corrected chi connectivity index (χ0v) is 10.6. The highest BCUT2D eigenvalue weighted by molar-refractivity contribution is 7.99. The molecular weight excluding hydrogens is 204 g/mol. The van der Waals surface area contributed by atoms with Crippen LogP contribution in [0.4, 0.5) is 0 Å². The van der Waals surface area contributed by atoms with Gasteiger partial charge in [0.15, 0.2) is 0 Å². The van der Waals surface area contributed by atoms with Crippen LogP contribution >= 0.6 is 11.8 Å². The van der Waals surface area contributed by atoms with E-state index < -0.39 is 5.60 Å². The van der Waals surface area contributed by atoms with E-state index in [1.807, 2.05) is 37.7 Å². The lowest BCUT2D eigenvalue weighted by molar-refractivity contribution is 0.0785. The van der Waals surface area contributed by atoms with E-state index in [1.165, 1.54) is 23.5 Å². The summed E-state index contributed by atoms with van der Waals surface area (Å²) in [6, 6.07) is 8.20. The fourth-order valence-corrected chi connectivity index (χ4v) is 2.29. The Kier molecular flexibility index (Phi) is 4.68. The van der Waals surface area contributed by atoms with Crippen LogP contribution in [0.15, 0.2) is 29.2 Å². The van der Waals surface area contributed by atoms with E-state index in [0.29, 0.717) is 0 Å². The second-order valence-corrected chi connectivity index (χ2v) is 5.45. The van der Waals surface area contributed by atoms with Gasteiger partial charge in [-0.1, -0.05) is 25.5 Å². The third-order valence-electron chi connectivity index (χ3n) is 2.33. The van der Waals surface area contributed by atoms with Crippen LogP contribution in [-0.4, -0.2) is 10.9 Å². The molecule has 0 spiro atoms. The summed E-state index contributed by atoms with van der Waals surface area (Å²) < 4.78 is 0. The van der Waals surface area contributed by atoms with Crippen LogP contribution in [0, 0.1) is 0 Å². The first-order valence-corrected chi connectivity index (χ1v) is 6.48. The molecule has 0 saturated carbocycles. The number of thioether (sulfide) groups is 1. The molecule has 0 aliphatic carbocycles. The Morgan fingerprint density at radius 3 is 2.27 bits per heavy atom. The average molecular weight is 224 g/mol. The van der Waals surface area contributed by atoms with E-state index in [4.69, 9.17) is 0 Å². The van der Waals surface area contributed by atoms with Crippen molar-refractivity contribution in [3.63, 3.8) is 0 Å². The predicted molar refractivity (Wildman–Crippen MR) is 67.3 cm³/mol. The number of benzene rings is 1. The SMILES string of the molecule is CCCCSc1ccc(C(C)(C)O)cc1. The van der Waals surface area contributed by atoms with Gasteiger partial charge in [0, 0.05) is 4.90 Å². The Bertz CT molecular complexity index is 284. The highest BCUT2D eigenvalue weighted by Crippen LogP contribution is 2.24. The van der Waals surface area contributed by atoms with Crippen LogP contribution in [0.3, 0.4) is 0 Å². The second kappa shape index (κ2) is 5.57. The van der Waals surface area contributed by atoms with Crippen molar-refractivity contribution < 1.29 is 5.11 Å². The molecule has 84 valence electrons. The highest BCUT2D eigenvalue weighted by Gasteiger charge is 2.14. The molecule has 0 fully saturated rings. The van der Waals surface area contributed by atoms with Crippen LogP contribution < -0.4 is 0 Å². The first-order valence-electron chi connectivity index (χ1n) is 5.49. The molecule has 0 atom stereocenters. The molecule has 1 N–H and O–H groups in total. The average Bonchev–Trinajstić information content (AvgIpc) is 2.18. The standard InChI is InChI=1S/C13H20OS/c1-4-5-10-15-12-8-6-11(7-9-12)13(2,3)14/h6-9,14H,4-5,10H2,1-3H3. The van der Waals surface area contributed by atoms with Crippen LogP contribution in [0.25, 0.3) is 0 Å². The molecule has 0 amide bonds. The maximum absolute atomic E-state index is 9.79. The van der Waals surface area contributed by atoms with Crippen molar-refractivity contribution in [1.82, 2.24) is 0 Å². The molecule has 0 unspecified atom stereocenters. The summed E-state index contributed by atoms with van der Waals surface area (Å²) in [6.07, 6.45) is 2.51. The highest BCUT2D eigenvalue weighted by atomic mass is 32.2. The third-order valence-corrected chi connectivity index (χ3v) is 3.43. The topological polar surface area (TPSA) is 20.2 Å². The zero-order valence-electron chi connectivity index (χ0n) is 9.79. The van der Waals surface area contributed by atoms with E-state index >= 15 is 0 Å². The summed E-state index contributed by atoms with van der Waals surface area (Å²) in [6.45, 7) is 5.83. The largest absolute Gasteiger partial charge is 0.386 e. The number of hydrogen-bond acceptors (Lipinski definition) is 2. The van der Waals surface area contributed by atoms with E-state index in [2.05, 4.69) is 19.1 Å². The van der Waals surface area contributed by atoms with Gasteiger partial charge in [0.2, 0.25) is 0 Å². The van der Waals surface area contributed by atoms with Crippen molar-refractivity contribution in [2.24, 2.45) is 0 Å². The lowest BCUT2D eigenvalue weighted by Gasteiger charge is -2.17. The molecule has 1 nitrogen and oxygen atoms in total. The fourth-order valence-electron chi connectivity index (χ4n) is 1.29. The first-order chi connectivity index (χ1) is 7.04. The smallest absolute Gasteiger partial charge is 0.0840 e. The first kappa shape index (κ1) is 12.6. The van der Waals surface area contributed by atoms with Gasteiger partial charge in [-0.2, -0.15) is 0 Å². The second-order valence-electron chi connectivity index (χ2n) is 4.29. The Morgan fingerprint density at radius 2 is 1.80 bits per heavy atom. The molecule has 0 saturated heterocycles. The van der Waals surface area contributed by atoms with Crippen LogP contribution in [-0.2, 0) is 5.60 Å². The molecule has 0 aromatic heterocycles. The van der Waals surface area contributed by atoms with Crippen molar-refractivity contribution in [3.05, 3.63) is 29.8 Å².